The van der Waals surface area contributed by atoms with Gasteiger partial charge in [0.05, 0.1) is 23.3 Å². The number of hydrogen-bond donors (Lipinski definition) is 0. The SMILES string of the molecule is COc1ccc(S(=O)(=O)N2CCc3ccccc32)cc1C(=O)N(C(C)C)C(C)C. The number of hydrogen-bond acceptors (Lipinski definition) is 4. The molecule has 7 heteroatoms. The van der Waals surface area contributed by atoms with Crippen molar-refractivity contribution < 1.29 is 17.9 Å². The van der Waals surface area contributed by atoms with Crippen molar-refractivity contribution in [3.63, 3.8) is 0 Å². The number of sulfonamides is 1. The van der Waals surface area contributed by atoms with Crippen molar-refractivity contribution in [2.24, 2.45) is 0 Å². The van der Waals surface area contributed by atoms with Gasteiger partial charge in [0.15, 0.2) is 0 Å². The summed E-state index contributed by atoms with van der Waals surface area (Å²) < 4.78 is 33.5. The van der Waals surface area contributed by atoms with Crippen LogP contribution in [-0.4, -0.2) is 45.0 Å². The molecule has 6 nitrogen and oxygen atoms in total. The van der Waals surface area contributed by atoms with Gasteiger partial charge in [-0.15, -0.1) is 0 Å². The number of carbonyl (C=O) groups is 1. The minimum Gasteiger partial charge on any atom is -0.496 e. The average molecular weight is 417 g/mol. The Morgan fingerprint density at radius 1 is 1.07 bits per heavy atom. The second kappa shape index (κ2) is 8.06. The monoisotopic (exact) mass is 416 g/mol. The molecule has 1 heterocycles. The van der Waals surface area contributed by atoms with E-state index in [0.29, 0.717) is 24.4 Å². The number of benzene rings is 2. The van der Waals surface area contributed by atoms with Crippen LogP contribution >= 0.6 is 0 Å². The Hall–Kier alpha value is -2.54. The van der Waals surface area contributed by atoms with E-state index in [1.54, 1.807) is 11.0 Å². The molecule has 0 atom stereocenters. The van der Waals surface area contributed by atoms with Crippen molar-refractivity contribution in [3.8, 4) is 5.75 Å². The van der Waals surface area contributed by atoms with Crippen LogP contribution in [0.1, 0.15) is 43.6 Å². The lowest BCUT2D eigenvalue weighted by molar-refractivity contribution is 0.0640. The summed E-state index contributed by atoms with van der Waals surface area (Å²) in [5, 5.41) is 0. The molecule has 2 aromatic carbocycles. The second-order valence-electron chi connectivity index (χ2n) is 7.72. The van der Waals surface area contributed by atoms with Crippen LogP contribution < -0.4 is 9.04 Å². The van der Waals surface area contributed by atoms with E-state index in [4.69, 9.17) is 4.74 Å². The summed E-state index contributed by atoms with van der Waals surface area (Å²) in [4.78, 5) is 15.1. The molecular weight excluding hydrogens is 388 g/mol. The zero-order chi connectivity index (χ0) is 21.3. The van der Waals surface area contributed by atoms with Crippen molar-refractivity contribution in [1.29, 1.82) is 0 Å². The molecule has 1 aliphatic rings. The van der Waals surface area contributed by atoms with Crippen molar-refractivity contribution in [2.45, 2.75) is 51.1 Å². The summed E-state index contributed by atoms with van der Waals surface area (Å²) >= 11 is 0. The Balaban J connectivity index is 2.06. The third-order valence-electron chi connectivity index (χ3n) is 5.18. The molecule has 1 aliphatic heterocycles. The fourth-order valence-electron chi connectivity index (χ4n) is 3.90. The number of ether oxygens (including phenoxy) is 1. The molecule has 0 aromatic heterocycles. The second-order valence-corrected chi connectivity index (χ2v) is 9.58. The molecule has 0 spiro atoms. The molecule has 0 unspecified atom stereocenters. The van der Waals surface area contributed by atoms with Crippen LogP contribution in [0.25, 0.3) is 0 Å². The minimum atomic E-state index is -3.79. The molecule has 156 valence electrons. The number of fused-ring (bicyclic) bond motifs is 1. The number of anilines is 1. The highest BCUT2D eigenvalue weighted by molar-refractivity contribution is 7.92. The lowest BCUT2D eigenvalue weighted by Crippen LogP contribution is -2.42. The maximum absolute atomic E-state index is 13.4. The normalized spacial score (nSPS) is 13.7. The fourth-order valence-corrected chi connectivity index (χ4v) is 5.43. The van der Waals surface area contributed by atoms with E-state index >= 15 is 0 Å². The Labute approximate surface area is 173 Å². The maximum atomic E-state index is 13.4. The number of para-hydroxylation sites is 1. The summed E-state index contributed by atoms with van der Waals surface area (Å²) in [7, 11) is -2.31. The molecular formula is C22H28N2O4S. The van der Waals surface area contributed by atoms with Crippen LogP contribution in [-0.2, 0) is 16.4 Å². The largest absolute Gasteiger partial charge is 0.496 e. The number of amides is 1. The van der Waals surface area contributed by atoms with Gasteiger partial charge in [-0.1, -0.05) is 18.2 Å². The van der Waals surface area contributed by atoms with E-state index in [9.17, 15) is 13.2 Å². The molecule has 0 saturated carbocycles. The number of rotatable bonds is 6. The third-order valence-corrected chi connectivity index (χ3v) is 6.99. The first-order valence-electron chi connectivity index (χ1n) is 9.79. The van der Waals surface area contributed by atoms with Gasteiger partial charge in [-0.2, -0.15) is 0 Å². The molecule has 3 rings (SSSR count). The highest BCUT2D eigenvalue weighted by atomic mass is 32.2. The summed E-state index contributed by atoms with van der Waals surface area (Å²) in [5.41, 5.74) is 1.96. The van der Waals surface area contributed by atoms with Gasteiger partial charge in [0.25, 0.3) is 15.9 Å². The molecule has 1 amide bonds. The Kier molecular flexibility index (Phi) is 5.89. The summed E-state index contributed by atoms with van der Waals surface area (Å²) in [6.07, 6.45) is 0.672. The lowest BCUT2D eigenvalue weighted by atomic mass is 10.1. The summed E-state index contributed by atoms with van der Waals surface area (Å²) in [6, 6.07) is 11.9. The van der Waals surface area contributed by atoms with Gasteiger partial charge in [0.2, 0.25) is 0 Å². The van der Waals surface area contributed by atoms with Crippen LogP contribution in [0, 0.1) is 0 Å². The first-order chi connectivity index (χ1) is 13.7. The predicted molar refractivity (Wildman–Crippen MR) is 114 cm³/mol. The van der Waals surface area contributed by atoms with Crippen molar-refractivity contribution in [1.82, 2.24) is 4.90 Å². The Bertz CT molecular complexity index is 1010. The predicted octanol–water partition coefficient (Wildman–Crippen LogP) is 3.71. The summed E-state index contributed by atoms with van der Waals surface area (Å²) in [5.74, 6) is 0.118. The molecule has 2 aromatic rings. The molecule has 0 radical (unpaired) electrons. The van der Waals surface area contributed by atoms with E-state index in [1.807, 2.05) is 52.0 Å². The standard InChI is InChI=1S/C22H28N2O4S/c1-15(2)24(16(3)4)22(25)19-14-18(10-11-21(19)28-5)29(26,27)23-13-12-17-8-6-7-9-20(17)23/h6-11,14-16H,12-13H2,1-5H3. The number of methoxy groups -OCH3 is 1. The summed E-state index contributed by atoms with van der Waals surface area (Å²) in [6.45, 7) is 8.14. The zero-order valence-corrected chi connectivity index (χ0v) is 18.4. The van der Waals surface area contributed by atoms with Gasteiger partial charge >= 0.3 is 0 Å². The van der Waals surface area contributed by atoms with Crippen LogP contribution in [0.5, 0.6) is 5.75 Å². The molecule has 0 bridgehead atoms. The van der Waals surface area contributed by atoms with Crippen molar-refractivity contribution >= 4 is 21.6 Å². The zero-order valence-electron chi connectivity index (χ0n) is 17.5. The van der Waals surface area contributed by atoms with E-state index in [-0.39, 0.29) is 28.4 Å². The molecule has 0 aliphatic carbocycles. The van der Waals surface area contributed by atoms with Crippen LogP contribution in [0.15, 0.2) is 47.4 Å². The highest BCUT2D eigenvalue weighted by Gasteiger charge is 2.32. The third kappa shape index (κ3) is 3.83. The molecule has 0 saturated heterocycles. The van der Waals surface area contributed by atoms with E-state index < -0.39 is 10.0 Å². The number of carbonyl (C=O) groups excluding carboxylic acids is 1. The fraction of sp³-hybridized carbons (Fsp3) is 0.409. The number of nitrogens with zero attached hydrogens (tertiary/aromatic N) is 2. The minimum absolute atomic E-state index is 0.0297. The van der Waals surface area contributed by atoms with Crippen LogP contribution in [0.3, 0.4) is 0 Å². The molecule has 0 fully saturated rings. The van der Waals surface area contributed by atoms with Gasteiger partial charge in [-0.25, -0.2) is 8.42 Å². The quantitative estimate of drug-likeness (QED) is 0.720. The Morgan fingerprint density at radius 2 is 1.72 bits per heavy atom. The van der Waals surface area contributed by atoms with Crippen LogP contribution in [0.2, 0.25) is 0 Å². The van der Waals surface area contributed by atoms with E-state index in [2.05, 4.69) is 0 Å². The smallest absolute Gasteiger partial charge is 0.264 e. The molecule has 29 heavy (non-hydrogen) atoms. The molecule has 0 N–H and O–H groups in total. The van der Waals surface area contributed by atoms with Gasteiger partial charge in [0, 0.05) is 18.6 Å². The Morgan fingerprint density at radius 3 is 2.34 bits per heavy atom. The topological polar surface area (TPSA) is 66.9 Å². The van der Waals surface area contributed by atoms with Crippen molar-refractivity contribution in [3.05, 3.63) is 53.6 Å². The van der Waals surface area contributed by atoms with Gasteiger partial charge in [-0.05, 0) is 63.9 Å². The van der Waals surface area contributed by atoms with Gasteiger partial charge in [0.1, 0.15) is 5.75 Å². The maximum Gasteiger partial charge on any atom is 0.264 e. The van der Waals surface area contributed by atoms with Crippen molar-refractivity contribution in [2.75, 3.05) is 18.0 Å². The van der Waals surface area contributed by atoms with E-state index in [0.717, 1.165) is 5.56 Å². The average Bonchev–Trinajstić information content (AvgIpc) is 3.11. The highest BCUT2D eigenvalue weighted by Crippen LogP contribution is 2.34. The van der Waals surface area contributed by atoms with Gasteiger partial charge in [-0.3, -0.25) is 9.10 Å². The first kappa shape index (κ1) is 21.2. The first-order valence-corrected chi connectivity index (χ1v) is 11.2. The van der Waals surface area contributed by atoms with Gasteiger partial charge < -0.3 is 9.64 Å². The van der Waals surface area contributed by atoms with E-state index in [1.165, 1.54) is 23.5 Å². The van der Waals surface area contributed by atoms with Crippen LogP contribution in [0.4, 0.5) is 5.69 Å². The lowest BCUT2D eigenvalue weighted by Gasteiger charge is -2.31.